The maximum atomic E-state index is 11.9. The molecule has 2 aromatic rings. The molecule has 0 aliphatic carbocycles. The number of aryl methyl sites for hydroxylation is 1. The predicted molar refractivity (Wildman–Crippen MR) is 71.7 cm³/mol. The van der Waals surface area contributed by atoms with Crippen LogP contribution < -0.4 is 11.3 Å². The number of amides is 1. The van der Waals surface area contributed by atoms with E-state index in [0.29, 0.717) is 11.3 Å². The third-order valence-electron chi connectivity index (χ3n) is 3.04. The largest absolute Gasteiger partial charge is 0.508 e. The highest BCUT2D eigenvalue weighted by molar-refractivity contribution is 5.92. The lowest BCUT2D eigenvalue weighted by molar-refractivity contribution is 0.0999. The summed E-state index contributed by atoms with van der Waals surface area (Å²) in [5, 5.41) is 9.75. The highest BCUT2D eigenvalue weighted by Crippen LogP contribution is 2.25. The van der Waals surface area contributed by atoms with Gasteiger partial charge in [-0.1, -0.05) is 6.07 Å². The Hall–Kier alpha value is -2.56. The molecule has 2 rings (SSSR count). The monoisotopic (exact) mass is 258 g/mol. The van der Waals surface area contributed by atoms with Gasteiger partial charge in [-0.05, 0) is 31.5 Å². The summed E-state index contributed by atoms with van der Waals surface area (Å²) in [7, 11) is 0. The van der Waals surface area contributed by atoms with Crippen molar-refractivity contribution in [2.75, 3.05) is 0 Å². The number of aromatic nitrogens is 1. The molecule has 0 bridgehead atoms. The normalized spacial score (nSPS) is 10.4. The van der Waals surface area contributed by atoms with Gasteiger partial charge in [0.05, 0.1) is 11.3 Å². The number of nitrogens with zero attached hydrogens (tertiary/aromatic N) is 1. The summed E-state index contributed by atoms with van der Waals surface area (Å²) >= 11 is 0. The average molecular weight is 258 g/mol. The van der Waals surface area contributed by atoms with Gasteiger partial charge in [-0.25, -0.2) is 0 Å². The van der Waals surface area contributed by atoms with Gasteiger partial charge in [0, 0.05) is 17.8 Å². The molecule has 0 radical (unpaired) electrons. The van der Waals surface area contributed by atoms with Gasteiger partial charge in [0.2, 0.25) is 5.91 Å². The molecule has 0 aliphatic heterocycles. The molecule has 1 aromatic heterocycles. The summed E-state index contributed by atoms with van der Waals surface area (Å²) in [6.45, 7) is 3.53. The first-order chi connectivity index (χ1) is 8.91. The van der Waals surface area contributed by atoms with E-state index in [4.69, 9.17) is 5.73 Å². The lowest BCUT2D eigenvalue weighted by Gasteiger charge is -2.14. The van der Waals surface area contributed by atoms with Crippen molar-refractivity contribution in [3.63, 3.8) is 0 Å². The standard InChI is InChI=1S/C14H14N2O3/c1-8-3-5-11(17)9(2)13(8)16-7-10(14(15)19)4-6-12(16)18/h3-7,17H,1-2H3,(H2,15,19). The molecular formula is C14H14N2O3. The molecule has 1 amide bonds. The van der Waals surface area contributed by atoms with Crippen LogP contribution >= 0.6 is 0 Å². The summed E-state index contributed by atoms with van der Waals surface area (Å²) in [5.41, 5.74) is 7.12. The summed E-state index contributed by atoms with van der Waals surface area (Å²) in [4.78, 5) is 23.1. The average Bonchev–Trinajstić information content (AvgIpc) is 2.36. The third-order valence-corrected chi connectivity index (χ3v) is 3.04. The number of nitrogens with two attached hydrogens (primary N) is 1. The molecule has 0 saturated heterocycles. The Labute approximate surface area is 109 Å². The van der Waals surface area contributed by atoms with Gasteiger partial charge in [0.15, 0.2) is 0 Å². The number of phenolic OH excluding ortho intramolecular Hbond substituents is 1. The summed E-state index contributed by atoms with van der Waals surface area (Å²) in [6.07, 6.45) is 1.39. The predicted octanol–water partition coefficient (Wildman–Crippen LogP) is 1.26. The second kappa shape index (κ2) is 4.61. The molecule has 0 unspecified atom stereocenters. The Bertz CT molecular complexity index is 717. The number of benzene rings is 1. The maximum Gasteiger partial charge on any atom is 0.255 e. The van der Waals surface area contributed by atoms with Crippen molar-refractivity contribution in [2.24, 2.45) is 5.73 Å². The number of carbonyl (C=O) groups is 1. The number of aromatic hydroxyl groups is 1. The lowest BCUT2D eigenvalue weighted by Crippen LogP contribution is -2.22. The van der Waals surface area contributed by atoms with E-state index < -0.39 is 5.91 Å². The number of pyridine rings is 1. The van der Waals surface area contributed by atoms with E-state index >= 15 is 0 Å². The zero-order valence-corrected chi connectivity index (χ0v) is 10.7. The van der Waals surface area contributed by atoms with Crippen LogP contribution in [0.1, 0.15) is 21.5 Å². The van der Waals surface area contributed by atoms with Crippen molar-refractivity contribution in [3.8, 4) is 11.4 Å². The highest BCUT2D eigenvalue weighted by Gasteiger charge is 2.12. The number of hydrogen-bond acceptors (Lipinski definition) is 3. The summed E-state index contributed by atoms with van der Waals surface area (Å²) < 4.78 is 1.32. The van der Waals surface area contributed by atoms with E-state index in [1.165, 1.54) is 22.9 Å². The van der Waals surface area contributed by atoms with Crippen molar-refractivity contribution in [3.05, 3.63) is 57.5 Å². The van der Waals surface area contributed by atoms with Gasteiger partial charge in [0.25, 0.3) is 5.56 Å². The van der Waals surface area contributed by atoms with Gasteiger partial charge >= 0.3 is 0 Å². The van der Waals surface area contributed by atoms with Crippen LogP contribution in [0.2, 0.25) is 0 Å². The second-order valence-electron chi connectivity index (χ2n) is 4.37. The first kappa shape index (κ1) is 12.9. The van der Waals surface area contributed by atoms with E-state index in [1.807, 2.05) is 6.92 Å². The number of carbonyl (C=O) groups excluding carboxylic acids is 1. The van der Waals surface area contributed by atoms with Crippen LogP contribution in [0.3, 0.4) is 0 Å². The highest BCUT2D eigenvalue weighted by atomic mass is 16.3. The molecule has 5 heteroatoms. The second-order valence-corrected chi connectivity index (χ2v) is 4.37. The van der Waals surface area contributed by atoms with Crippen LogP contribution in [0, 0.1) is 13.8 Å². The third kappa shape index (κ3) is 2.22. The smallest absolute Gasteiger partial charge is 0.255 e. The van der Waals surface area contributed by atoms with Crippen LogP contribution in [0.5, 0.6) is 5.75 Å². The zero-order chi connectivity index (χ0) is 14.2. The quantitative estimate of drug-likeness (QED) is 0.850. The number of hydrogen-bond donors (Lipinski definition) is 2. The van der Waals surface area contributed by atoms with E-state index in [2.05, 4.69) is 0 Å². The number of rotatable bonds is 2. The Kier molecular flexibility index (Phi) is 3.12. The van der Waals surface area contributed by atoms with E-state index in [-0.39, 0.29) is 16.9 Å². The van der Waals surface area contributed by atoms with Gasteiger partial charge in [-0.3, -0.25) is 14.2 Å². The minimum Gasteiger partial charge on any atom is -0.508 e. The van der Waals surface area contributed by atoms with Gasteiger partial charge in [0.1, 0.15) is 5.75 Å². The number of primary amides is 1. The number of phenols is 1. The minimum absolute atomic E-state index is 0.0944. The zero-order valence-electron chi connectivity index (χ0n) is 10.7. The van der Waals surface area contributed by atoms with Crippen LogP contribution in [0.4, 0.5) is 0 Å². The summed E-state index contributed by atoms with van der Waals surface area (Å²) in [5.74, 6) is -0.513. The Morgan fingerprint density at radius 1 is 1.21 bits per heavy atom. The van der Waals surface area contributed by atoms with E-state index in [9.17, 15) is 14.7 Å². The molecule has 5 nitrogen and oxygen atoms in total. The molecule has 1 aromatic carbocycles. The fourth-order valence-electron chi connectivity index (χ4n) is 2.00. The van der Waals surface area contributed by atoms with Gasteiger partial charge < -0.3 is 10.8 Å². The SMILES string of the molecule is Cc1ccc(O)c(C)c1-n1cc(C(N)=O)ccc1=O. The van der Waals surface area contributed by atoms with E-state index in [1.54, 1.807) is 19.1 Å². The molecule has 0 fully saturated rings. The van der Waals surface area contributed by atoms with Crippen molar-refractivity contribution >= 4 is 5.91 Å². The molecule has 19 heavy (non-hydrogen) atoms. The molecule has 1 heterocycles. The molecule has 0 saturated carbocycles. The molecule has 0 atom stereocenters. The lowest BCUT2D eigenvalue weighted by atomic mass is 10.1. The fourth-order valence-corrected chi connectivity index (χ4v) is 2.00. The van der Waals surface area contributed by atoms with Gasteiger partial charge in [-0.15, -0.1) is 0 Å². The van der Waals surface area contributed by atoms with Crippen LogP contribution in [-0.2, 0) is 0 Å². The van der Waals surface area contributed by atoms with E-state index in [0.717, 1.165) is 5.56 Å². The molecule has 0 spiro atoms. The first-order valence-electron chi connectivity index (χ1n) is 5.74. The molecular weight excluding hydrogens is 244 g/mol. The maximum absolute atomic E-state index is 11.9. The van der Waals surface area contributed by atoms with Crippen molar-refractivity contribution < 1.29 is 9.90 Å². The Morgan fingerprint density at radius 2 is 1.89 bits per heavy atom. The Morgan fingerprint density at radius 3 is 2.53 bits per heavy atom. The molecule has 98 valence electrons. The van der Waals surface area contributed by atoms with Gasteiger partial charge in [-0.2, -0.15) is 0 Å². The minimum atomic E-state index is -0.607. The molecule has 0 aliphatic rings. The Balaban J connectivity index is 2.79. The molecule has 3 N–H and O–H groups in total. The summed E-state index contributed by atoms with van der Waals surface area (Å²) in [6, 6.07) is 5.94. The first-order valence-corrected chi connectivity index (χ1v) is 5.74. The van der Waals surface area contributed by atoms with Crippen molar-refractivity contribution in [1.82, 2.24) is 4.57 Å². The van der Waals surface area contributed by atoms with Crippen molar-refractivity contribution in [1.29, 1.82) is 0 Å². The van der Waals surface area contributed by atoms with Crippen LogP contribution in [0.15, 0.2) is 35.3 Å². The van der Waals surface area contributed by atoms with Crippen LogP contribution in [-0.4, -0.2) is 15.6 Å². The topological polar surface area (TPSA) is 85.3 Å². The van der Waals surface area contributed by atoms with Crippen LogP contribution in [0.25, 0.3) is 5.69 Å². The fraction of sp³-hybridized carbons (Fsp3) is 0.143. The van der Waals surface area contributed by atoms with Crippen molar-refractivity contribution in [2.45, 2.75) is 13.8 Å².